The van der Waals surface area contributed by atoms with E-state index >= 15 is 0 Å². The molecule has 0 aromatic heterocycles. The molecular formula is C8H6Br2N2O2. The Hall–Kier alpha value is -0.620. The van der Waals surface area contributed by atoms with Crippen LogP contribution in [0.2, 0.25) is 0 Å². The number of hydrogen-bond acceptors (Lipinski definition) is 3. The number of nitro groups is 1. The quantitative estimate of drug-likeness (QED) is 0.639. The van der Waals surface area contributed by atoms with Crippen molar-refractivity contribution in [1.29, 1.82) is 0 Å². The van der Waals surface area contributed by atoms with Gasteiger partial charge in [-0.05, 0) is 44.3 Å². The first kappa shape index (κ1) is 9.92. The largest absolute Gasteiger partial charge is 0.383 e. The molecule has 0 atom stereocenters. The molecule has 0 amide bonds. The number of fused-ring (bicyclic) bond motifs is 1. The zero-order valence-electron chi connectivity index (χ0n) is 7.01. The standard InChI is InChI=1S/C8H6Br2N2O2/c9-5-3-6(10)8(12(13)14)4-1-2-11-7(4)5/h3,11H,1-2H2. The van der Waals surface area contributed by atoms with Gasteiger partial charge in [0, 0.05) is 11.0 Å². The molecular weight excluding hydrogens is 316 g/mol. The molecule has 1 N–H and O–H groups in total. The van der Waals surface area contributed by atoms with Crippen LogP contribution in [0.15, 0.2) is 15.0 Å². The topological polar surface area (TPSA) is 55.2 Å². The lowest BCUT2D eigenvalue weighted by molar-refractivity contribution is -0.386. The second kappa shape index (κ2) is 3.51. The van der Waals surface area contributed by atoms with Crippen LogP contribution in [-0.4, -0.2) is 11.5 Å². The Bertz CT molecular complexity index is 420. The first-order valence-corrected chi connectivity index (χ1v) is 5.59. The van der Waals surface area contributed by atoms with Crippen LogP contribution in [0.25, 0.3) is 0 Å². The average Bonchev–Trinajstić information content (AvgIpc) is 2.51. The number of halogens is 2. The van der Waals surface area contributed by atoms with Gasteiger partial charge in [-0.2, -0.15) is 0 Å². The lowest BCUT2D eigenvalue weighted by Gasteiger charge is -2.05. The first-order valence-electron chi connectivity index (χ1n) is 4.00. The maximum Gasteiger partial charge on any atom is 0.288 e. The van der Waals surface area contributed by atoms with Gasteiger partial charge in [0.1, 0.15) is 0 Å². The molecule has 4 nitrogen and oxygen atoms in total. The molecule has 0 bridgehead atoms. The average molecular weight is 322 g/mol. The summed E-state index contributed by atoms with van der Waals surface area (Å²) >= 11 is 6.57. The molecule has 1 aliphatic heterocycles. The molecule has 1 aromatic carbocycles. The van der Waals surface area contributed by atoms with Gasteiger partial charge in [0.05, 0.1) is 20.6 Å². The van der Waals surface area contributed by atoms with E-state index in [0.717, 1.165) is 22.3 Å². The van der Waals surface area contributed by atoms with E-state index in [1.54, 1.807) is 6.07 Å². The summed E-state index contributed by atoms with van der Waals surface area (Å²) in [5, 5.41) is 13.9. The van der Waals surface area contributed by atoms with Gasteiger partial charge in [0.2, 0.25) is 0 Å². The highest BCUT2D eigenvalue weighted by Gasteiger charge is 2.27. The van der Waals surface area contributed by atoms with E-state index in [-0.39, 0.29) is 10.6 Å². The summed E-state index contributed by atoms with van der Waals surface area (Å²) in [4.78, 5) is 10.5. The van der Waals surface area contributed by atoms with Gasteiger partial charge in [-0.3, -0.25) is 10.1 Å². The number of nitrogens with zero attached hydrogens (tertiary/aromatic N) is 1. The van der Waals surface area contributed by atoms with Gasteiger partial charge in [0.15, 0.2) is 0 Å². The fourth-order valence-corrected chi connectivity index (χ4v) is 3.13. The minimum absolute atomic E-state index is 0.174. The van der Waals surface area contributed by atoms with Crippen LogP contribution in [0.4, 0.5) is 11.4 Å². The Kier molecular flexibility index (Phi) is 2.48. The van der Waals surface area contributed by atoms with Crippen LogP contribution in [0.1, 0.15) is 5.56 Å². The fourth-order valence-electron chi connectivity index (χ4n) is 1.60. The van der Waals surface area contributed by atoms with Crippen LogP contribution in [0, 0.1) is 10.1 Å². The molecule has 6 heteroatoms. The third-order valence-electron chi connectivity index (χ3n) is 2.17. The monoisotopic (exact) mass is 320 g/mol. The van der Waals surface area contributed by atoms with E-state index in [0.29, 0.717) is 10.9 Å². The van der Waals surface area contributed by atoms with Crippen LogP contribution in [-0.2, 0) is 6.42 Å². The molecule has 14 heavy (non-hydrogen) atoms. The second-order valence-electron chi connectivity index (χ2n) is 2.98. The van der Waals surface area contributed by atoms with E-state index in [1.807, 2.05) is 0 Å². The minimum atomic E-state index is -0.345. The van der Waals surface area contributed by atoms with Crippen LogP contribution >= 0.6 is 31.9 Å². The molecule has 0 unspecified atom stereocenters. The molecule has 74 valence electrons. The molecule has 0 aliphatic carbocycles. The van der Waals surface area contributed by atoms with Gasteiger partial charge >= 0.3 is 0 Å². The van der Waals surface area contributed by atoms with E-state index in [9.17, 15) is 10.1 Å². The highest BCUT2D eigenvalue weighted by molar-refractivity contribution is 9.11. The smallest absolute Gasteiger partial charge is 0.288 e. The Labute approximate surface area is 97.1 Å². The Morgan fingerprint density at radius 1 is 1.43 bits per heavy atom. The maximum absolute atomic E-state index is 10.8. The van der Waals surface area contributed by atoms with Crippen molar-refractivity contribution in [3.8, 4) is 0 Å². The van der Waals surface area contributed by atoms with Crippen molar-refractivity contribution in [3.05, 3.63) is 30.7 Å². The molecule has 0 saturated heterocycles. The van der Waals surface area contributed by atoms with Crippen LogP contribution in [0.3, 0.4) is 0 Å². The van der Waals surface area contributed by atoms with Crippen molar-refractivity contribution >= 4 is 43.2 Å². The second-order valence-corrected chi connectivity index (χ2v) is 4.68. The third-order valence-corrected chi connectivity index (χ3v) is 3.40. The minimum Gasteiger partial charge on any atom is -0.383 e. The number of nitrogens with one attached hydrogen (secondary N) is 1. The number of benzene rings is 1. The molecule has 0 fully saturated rings. The van der Waals surface area contributed by atoms with E-state index in [1.165, 1.54) is 0 Å². The van der Waals surface area contributed by atoms with Gasteiger partial charge in [0.25, 0.3) is 5.69 Å². The molecule has 2 rings (SSSR count). The van der Waals surface area contributed by atoms with Gasteiger partial charge in [-0.1, -0.05) is 0 Å². The predicted octanol–water partition coefficient (Wildman–Crippen LogP) is 3.09. The third kappa shape index (κ3) is 1.42. The zero-order chi connectivity index (χ0) is 10.3. The molecule has 0 saturated carbocycles. The van der Waals surface area contributed by atoms with Crippen LogP contribution in [0.5, 0.6) is 0 Å². The zero-order valence-corrected chi connectivity index (χ0v) is 10.2. The highest BCUT2D eigenvalue weighted by atomic mass is 79.9. The maximum atomic E-state index is 10.8. The summed E-state index contributed by atoms with van der Waals surface area (Å²) in [7, 11) is 0. The van der Waals surface area contributed by atoms with E-state index < -0.39 is 0 Å². The number of anilines is 1. The number of rotatable bonds is 1. The lowest BCUT2D eigenvalue weighted by atomic mass is 10.1. The molecule has 0 spiro atoms. The van der Waals surface area contributed by atoms with Crippen molar-refractivity contribution < 1.29 is 4.92 Å². The predicted molar refractivity (Wildman–Crippen MR) is 60.7 cm³/mol. The highest BCUT2D eigenvalue weighted by Crippen LogP contribution is 2.41. The summed E-state index contributed by atoms with van der Waals surface area (Å²) in [6.07, 6.45) is 0.698. The summed E-state index contributed by atoms with van der Waals surface area (Å²) in [6, 6.07) is 1.70. The fraction of sp³-hybridized carbons (Fsp3) is 0.250. The summed E-state index contributed by atoms with van der Waals surface area (Å²) in [5.74, 6) is 0. The van der Waals surface area contributed by atoms with Crippen molar-refractivity contribution in [1.82, 2.24) is 0 Å². The first-order chi connectivity index (χ1) is 6.61. The number of nitro benzene ring substituents is 1. The summed E-state index contributed by atoms with van der Waals surface area (Å²) < 4.78 is 1.39. The van der Waals surface area contributed by atoms with Crippen molar-refractivity contribution in [3.63, 3.8) is 0 Å². The van der Waals surface area contributed by atoms with Crippen molar-refractivity contribution in [2.45, 2.75) is 6.42 Å². The van der Waals surface area contributed by atoms with Crippen LogP contribution < -0.4 is 5.32 Å². The number of hydrogen-bond donors (Lipinski definition) is 1. The van der Waals surface area contributed by atoms with E-state index in [2.05, 4.69) is 37.2 Å². The lowest BCUT2D eigenvalue weighted by Crippen LogP contribution is -1.95. The Morgan fingerprint density at radius 3 is 2.79 bits per heavy atom. The molecule has 1 aromatic rings. The molecule has 1 heterocycles. The van der Waals surface area contributed by atoms with Gasteiger partial charge in [-0.15, -0.1) is 0 Å². The van der Waals surface area contributed by atoms with Crippen molar-refractivity contribution in [2.24, 2.45) is 0 Å². The Balaban J connectivity index is 2.72. The van der Waals surface area contributed by atoms with E-state index in [4.69, 9.17) is 0 Å². The molecule has 1 aliphatic rings. The summed E-state index contributed by atoms with van der Waals surface area (Å²) in [5.41, 5.74) is 1.80. The molecule has 0 radical (unpaired) electrons. The SMILES string of the molecule is O=[N+]([O-])c1c(Br)cc(Br)c2c1CCN2. The summed E-state index contributed by atoms with van der Waals surface area (Å²) in [6.45, 7) is 0.755. The van der Waals surface area contributed by atoms with Gasteiger partial charge < -0.3 is 5.32 Å². The Morgan fingerprint density at radius 2 is 2.14 bits per heavy atom. The van der Waals surface area contributed by atoms with Crippen molar-refractivity contribution in [2.75, 3.05) is 11.9 Å². The normalized spacial score (nSPS) is 13.6. The van der Waals surface area contributed by atoms with Gasteiger partial charge in [-0.25, -0.2) is 0 Å².